The maximum atomic E-state index is 13.1. The summed E-state index contributed by atoms with van der Waals surface area (Å²) >= 11 is 0. The molecule has 0 aliphatic carbocycles. The normalized spacial score (nSPS) is 17.0. The van der Waals surface area contributed by atoms with Gasteiger partial charge in [-0.2, -0.15) is 0 Å². The van der Waals surface area contributed by atoms with Crippen LogP contribution in [0.3, 0.4) is 0 Å². The Bertz CT molecular complexity index is 1490. The Morgan fingerprint density at radius 3 is 2.89 bits per heavy atom. The fraction of sp³-hybridized carbons (Fsp3) is 0.227. The van der Waals surface area contributed by atoms with Crippen molar-refractivity contribution in [3.8, 4) is 5.69 Å². The third-order valence-corrected chi connectivity index (χ3v) is 5.63. The molecule has 35 heavy (non-hydrogen) atoms. The van der Waals surface area contributed by atoms with Gasteiger partial charge in [0.1, 0.15) is 0 Å². The van der Waals surface area contributed by atoms with Gasteiger partial charge >= 0.3 is 0 Å². The number of carbonyl (C=O) groups is 2. The number of nitrogen functional groups attached to an aromatic ring is 1. The number of hydrogen-bond acceptors (Lipinski definition) is 9. The topological polar surface area (TPSA) is 171 Å². The third-order valence-electron chi connectivity index (χ3n) is 5.63. The van der Waals surface area contributed by atoms with Crippen LogP contribution in [0.4, 0.5) is 17.3 Å². The number of rotatable bonds is 5. The summed E-state index contributed by atoms with van der Waals surface area (Å²) < 4.78 is 13.4. The number of anilines is 3. The highest BCUT2D eigenvalue weighted by atomic mass is 16.5. The van der Waals surface area contributed by atoms with Gasteiger partial charge in [0, 0.05) is 43.3 Å². The molecule has 1 fully saturated rings. The zero-order valence-corrected chi connectivity index (χ0v) is 18.5. The smallest absolute Gasteiger partial charge is 0.260 e. The molecule has 0 bridgehead atoms. The molecule has 1 saturated heterocycles. The molecule has 13 nitrogen and oxygen atoms in total. The molecule has 1 aromatic carbocycles. The number of aliphatic hydroxyl groups excluding tert-OH is 1. The zero-order chi connectivity index (χ0) is 24.7. The molecule has 4 aromatic rings. The van der Waals surface area contributed by atoms with Crippen molar-refractivity contribution in [3.63, 3.8) is 0 Å². The lowest BCUT2D eigenvalue weighted by Gasteiger charge is -2.32. The molecule has 0 saturated carbocycles. The van der Waals surface area contributed by atoms with Crippen molar-refractivity contribution in [1.82, 2.24) is 19.5 Å². The number of amides is 2. The molecule has 180 valence electrons. The quantitative estimate of drug-likeness (QED) is 0.357. The van der Waals surface area contributed by atoms with Gasteiger partial charge in [0.05, 0.1) is 24.2 Å². The van der Waals surface area contributed by atoms with Crippen molar-refractivity contribution in [2.45, 2.75) is 12.2 Å². The van der Waals surface area contributed by atoms with Crippen molar-refractivity contribution in [1.29, 1.82) is 0 Å². The largest absolute Gasteiger partial charge is 0.380 e. The van der Waals surface area contributed by atoms with Crippen LogP contribution in [0.1, 0.15) is 0 Å². The first-order chi connectivity index (χ1) is 16.8. The number of aryl methyl sites for hydroxylation is 1. The lowest BCUT2D eigenvalue weighted by atomic mass is 10.1. The summed E-state index contributed by atoms with van der Waals surface area (Å²) in [7, 11) is 1.62. The van der Waals surface area contributed by atoms with Gasteiger partial charge in [0.25, 0.3) is 11.8 Å². The van der Waals surface area contributed by atoms with Crippen molar-refractivity contribution >= 4 is 40.1 Å². The first-order valence-electron chi connectivity index (χ1n) is 10.6. The predicted molar refractivity (Wildman–Crippen MR) is 124 cm³/mol. The number of nitrogens with zero attached hydrogens (tertiary/aromatic N) is 5. The SMILES string of the molecule is Cn1cc(-n2ccc(N3CCOC(C(O)C(=O)Nc4ccc5c(N)noc5c4)C3=O)n2)ccc1=O. The van der Waals surface area contributed by atoms with Gasteiger partial charge < -0.3 is 30.0 Å². The zero-order valence-electron chi connectivity index (χ0n) is 18.5. The molecule has 13 heteroatoms. The van der Waals surface area contributed by atoms with Crippen LogP contribution in [-0.2, 0) is 21.4 Å². The van der Waals surface area contributed by atoms with E-state index in [1.165, 1.54) is 26.3 Å². The fourth-order valence-corrected chi connectivity index (χ4v) is 3.77. The van der Waals surface area contributed by atoms with Gasteiger partial charge in [0.15, 0.2) is 29.4 Å². The van der Waals surface area contributed by atoms with E-state index in [-0.39, 0.29) is 24.5 Å². The van der Waals surface area contributed by atoms with Crippen LogP contribution >= 0.6 is 0 Å². The van der Waals surface area contributed by atoms with Crippen LogP contribution in [0, 0.1) is 0 Å². The molecule has 2 atom stereocenters. The summed E-state index contributed by atoms with van der Waals surface area (Å²) in [6.07, 6.45) is 0.0620. The Morgan fingerprint density at radius 2 is 2.09 bits per heavy atom. The Kier molecular flexibility index (Phi) is 5.55. The van der Waals surface area contributed by atoms with E-state index in [1.54, 1.807) is 43.7 Å². The summed E-state index contributed by atoms with van der Waals surface area (Å²) in [6, 6.07) is 9.34. The first-order valence-corrected chi connectivity index (χ1v) is 10.6. The molecule has 0 radical (unpaired) electrons. The van der Waals surface area contributed by atoms with Crippen molar-refractivity contribution in [2.24, 2.45) is 7.05 Å². The number of pyridine rings is 1. The summed E-state index contributed by atoms with van der Waals surface area (Å²) in [5, 5.41) is 21.8. The maximum Gasteiger partial charge on any atom is 0.260 e. The number of aliphatic hydroxyl groups is 1. The van der Waals surface area contributed by atoms with Gasteiger partial charge in [-0.1, -0.05) is 5.16 Å². The van der Waals surface area contributed by atoms with Gasteiger partial charge in [-0.3, -0.25) is 19.3 Å². The van der Waals surface area contributed by atoms with E-state index in [4.69, 9.17) is 15.0 Å². The summed E-state index contributed by atoms with van der Waals surface area (Å²) in [5.74, 6) is -0.896. The molecule has 4 N–H and O–H groups in total. The van der Waals surface area contributed by atoms with Crippen LogP contribution in [0.15, 0.2) is 58.1 Å². The van der Waals surface area contributed by atoms with E-state index in [9.17, 15) is 19.5 Å². The number of carbonyl (C=O) groups excluding carboxylic acids is 2. The van der Waals surface area contributed by atoms with Gasteiger partial charge in [0.2, 0.25) is 5.56 Å². The van der Waals surface area contributed by atoms with E-state index in [2.05, 4.69) is 15.6 Å². The molecule has 4 heterocycles. The molecular weight excluding hydrogens is 458 g/mol. The highest BCUT2D eigenvalue weighted by Gasteiger charge is 2.40. The Labute approximate surface area is 197 Å². The second-order valence-electron chi connectivity index (χ2n) is 7.95. The van der Waals surface area contributed by atoms with Crippen molar-refractivity contribution in [3.05, 3.63) is 59.1 Å². The van der Waals surface area contributed by atoms with E-state index < -0.39 is 24.0 Å². The number of fused-ring (bicyclic) bond motifs is 1. The number of nitrogens with one attached hydrogen (secondary N) is 1. The molecule has 5 rings (SSSR count). The van der Waals surface area contributed by atoms with Crippen LogP contribution in [0.25, 0.3) is 16.7 Å². The highest BCUT2D eigenvalue weighted by Crippen LogP contribution is 2.24. The number of nitrogens with two attached hydrogens (primary N) is 1. The average Bonchev–Trinajstić information content (AvgIpc) is 3.48. The Hall–Kier alpha value is -4.49. The monoisotopic (exact) mass is 479 g/mol. The minimum atomic E-state index is -1.77. The minimum Gasteiger partial charge on any atom is -0.380 e. The summed E-state index contributed by atoms with van der Waals surface area (Å²) in [4.78, 5) is 38.7. The molecule has 1 aliphatic rings. The Balaban J connectivity index is 1.30. The standard InChI is InChI=1S/C22H21N7O6/c1-27-11-13(3-5-17(27)30)29-7-6-16(25-29)28-8-9-34-19(22(28)33)18(31)21(32)24-12-2-4-14-15(10-12)35-26-20(14)23/h2-7,10-11,18-19,31H,8-9H2,1H3,(H2,23,26)(H,24,32). The third kappa shape index (κ3) is 4.13. The molecular formula is C22H21N7O6. The minimum absolute atomic E-state index is 0.0940. The average molecular weight is 479 g/mol. The van der Waals surface area contributed by atoms with E-state index in [0.29, 0.717) is 28.2 Å². The van der Waals surface area contributed by atoms with Crippen LogP contribution in [0.5, 0.6) is 0 Å². The van der Waals surface area contributed by atoms with Crippen LogP contribution in [0.2, 0.25) is 0 Å². The van der Waals surface area contributed by atoms with Crippen LogP contribution in [-0.4, -0.2) is 61.8 Å². The van der Waals surface area contributed by atoms with Crippen molar-refractivity contribution < 1.29 is 24.0 Å². The van der Waals surface area contributed by atoms with Gasteiger partial charge in [-0.05, 0) is 18.2 Å². The molecule has 3 aromatic heterocycles. The molecule has 2 unspecified atom stereocenters. The lowest BCUT2D eigenvalue weighted by Crippen LogP contribution is -2.55. The summed E-state index contributed by atoms with van der Waals surface area (Å²) in [5.41, 5.74) is 6.84. The lowest BCUT2D eigenvalue weighted by molar-refractivity contribution is -0.150. The fourth-order valence-electron chi connectivity index (χ4n) is 3.77. The molecule has 0 spiro atoms. The second kappa shape index (κ2) is 8.70. The predicted octanol–water partition coefficient (Wildman–Crippen LogP) is 0.0258. The van der Waals surface area contributed by atoms with E-state index in [1.807, 2.05) is 0 Å². The van der Waals surface area contributed by atoms with Crippen molar-refractivity contribution in [2.75, 3.05) is 29.1 Å². The van der Waals surface area contributed by atoms with Gasteiger partial charge in [-0.25, -0.2) is 4.68 Å². The van der Waals surface area contributed by atoms with E-state index in [0.717, 1.165) is 0 Å². The molecule has 1 aliphatic heterocycles. The number of hydrogen-bond donors (Lipinski definition) is 3. The first kappa shape index (κ1) is 22.3. The maximum absolute atomic E-state index is 13.1. The highest BCUT2D eigenvalue weighted by molar-refractivity contribution is 6.04. The summed E-state index contributed by atoms with van der Waals surface area (Å²) in [6.45, 7) is 0.286. The molecule has 2 amide bonds. The van der Waals surface area contributed by atoms with Crippen LogP contribution < -0.4 is 21.5 Å². The number of benzene rings is 1. The number of ether oxygens (including phenoxy) is 1. The second-order valence-corrected chi connectivity index (χ2v) is 7.95. The van der Waals surface area contributed by atoms with Gasteiger partial charge in [-0.15, -0.1) is 5.10 Å². The number of aromatic nitrogens is 4. The Morgan fingerprint density at radius 1 is 1.26 bits per heavy atom. The van der Waals surface area contributed by atoms with E-state index >= 15 is 0 Å². The number of morpholine rings is 1.